The summed E-state index contributed by atoms with van der Waals surface area (Å²) in [5.74, 6) is -2.61. The van der Waals surface area contributed by atoms with Crippen LogP contribution in [-0.2, 0) is 0 Å². The second kappa shape index (κ2) is 7.59. The quantitative estimate of drug-likeness (QED) is 0.704. The molecule has 0 bridgehead atoms. The molecule has 0 atom stereocenters. The van der Waals surface area contributed by atoms with Gasteiger partial charge in [-0.1, -0.05) is 13.8 Å². The smallest absolute Gasteiger partial charge is 0.259 e. The van der Waals surface area contributed by atoms with Crippen molar-refractivity contribution >= 4 is 17.5 Å². The van der Waals surface area contributed by atoms with Crippen LogP contribution >= 0.6 is 0 Å². The van der Waals surface area contributed by atoms with E-state index in [4.69, 9.17) is 5.73 Å². The van der Waals surface area contributed by atoms with Gasteiger partial charge in [0.05, 0.1) is 28.7 Å². The molecule has 0 unspecified atom stereocenters. The van der Waals surface area contributed by atoms with Gasteiger partial charge < -0.3 is 11.1 Å². The highest BCUT2D eigenvalue weighted by atomic mass is 19.1. The van der Waals surface area contributed by atoms with Gasteiger partial charge in [0.15, 0.2) is 0 Å². The molecule has 0 aliphatic heterocycles. The molecule has 3 N–H and O–H groups in total. The van der Waals surface area contributed by atoms with Crippen LogP contribution in [0.4, 0.5) is 14.5 Å². The topological polar surface area (TPSA) is 90.0 Å². The van der Waals surface area contributed by atoms with Gasteiger partial charge in [0.25, 0.3) is 11.8 Å². The molecule has 3 rings (SSSR count). The second-order valence-corrected chi connectivity index (χ2v) is 6.50. The highest BCUT2D eigenvalue weighted by Crippen LogP contribution is 2.24. The van der Waals surface area contributed by atoms with Crippen LogP contribution in [0, 0.1) is 11.6 Å². The Morgan fingerprint density at radius 1 is 1.07 bits per heavy atom. The summed E-state index contributed by atoms with van der Waals surface area (Å²) in [7, 11) is 0. The summed E-state index contributed by atoms with van der Waals surface area (Å²) in [6.45, 7) is 3.80. The van der Waals surface area contributed by atoms with Crippen molar-refractivity contribution in [1.82, 2.24) is 9.78 Å². The summed E-state index contributed by atoms with van der Waals surface area (Å²) in [6, 6.07) is 9.31. The number of benzene rings is 2. The Bertz CT molecular complexity index is 1040. The average Bonchev–Trinajstić information content (AvgIpc) is 3.09. The van der Waals surface area contributed by atoms with E-state index < -0.39 is 17.6 Å². The molecule has 0 spiro atoms. The summed E-state index contributed by atoms with van der Waals surface area (Å²) in [4.78, 5) is 24.1. The fraction of sp³-hybridized carbons (Fsp3) is 0.150. The highest BCUT2D eigenvalue weighted by molar-refractivity contribution is 6.05. The lowest BCUT2D eigenvalue weighted by atomic mass is 10.0. The van der Waals surface area contributed by atoms with Crippen molar-refractivity contribution in [3.63, 3.8) is 0 Å². The molecule has 28 heavy (non-hydrogen) atoms. The molecule has 6 nitrogen and oxygen atoms in total. The monoisotopic (exact) mass is 384 g/mol. The van der Waals surface area contributed by atoms with Crippen molar-refractivity contribution in [3.05, 3.63) is 77.1 Å². The number of hydrogen-bond donors (Lipinski definition) is 2. The molecule has 1 aromatic heterocycles. The molecule has 0 saturated carbocycles. The predicted octanol–water partition coefficient (Wildman–Crippen LogP) is 3.63. The number of halogens is 2. The second-order valence-electron chi connectivity index (χ2n) is 6.50. The molecule has 0 aliphatic carbocycles. The van der Waals surface area contributed by atoms with Crippen LogP contribution in [0.3, 0.4) is 0 Å². The number of aromatic nitrogens is 2. The molecule has 2 amide bonds. The van der Waals surface area contributed by atoms with Crippen LogP contribution in [-0.4, -0.2) is 21.6 Å². The van der Waals surface area contributed by atoms with Gasteiger partial charge in [-0.3, -0.25) is 9.59 Å². The molecule has 8 heteroatoms. The fourth-order valence-electron chi connectivity index (χ4n) is 2.87. The Kier molecular flexibility index (Phi) is 5.21. The van der Waals surface area contributed by atoms with Gasteiger partial charge in [-0.25, -0.2) is 13.5 Å². The molecule has 3 aromatic rings. The van der Waals surface area contributed by atoms with E-state index >= 15 is 0 Å². The molecular weight excluding hydrogens is 366 g/mol. The average molecular weight is 384 g/mol. The maximum atomic E-state index is 13.6. The van der Waals surface area contributed by atoms with E-state index in [-0.39, 0.29) is 23.0 Å². The van der Waals surface area contributed by atoms with Crippen LogP contribution in [0.5, 0.6) is 0 Å². The number of amides is 2. The van der Waals surface area contributed by atoms with E-state index in [1.54, 1.807) is 16.8 Å². The van der Waals surface area contributed by atoms with Crippen molar-refractivity contribution in [1.29, 1.82) is 0 Å². The first-order valence-electron chi connectivity index (χ1n) is 8.52. The number of carbonyl (C=O) groups excluding carboxylic acids is 2. The van der Waals surface area contributed by atoms with Crippen molar-refractivity contribution in [2.75, 3.05) is 5.32 Å². The third-order valence-corrected chi connectivity index (χ3v) is 4.16. The standard InChI is InChI=1S/C20H18F2N4O2/c1-11(2)18-16(10-24-26(18)14-6-3-12(21)4-7-14)20(28)25-13-5-8-17(22)15(9-13)19(23)27/h3-11H,1-2H3,(H2,23,27)(H,25,28). The number of nitrogens with one attached hydrogen (secondary N) is 1. The van der Waals surface area contributed by atoms with Gasteiger partial charge in [-0.15, -0.1) is 0 Å². The number of nitrogens with zero attached hydrogens (tertiary/aromatic N) is 2. The van der Waals surface area contributed by atoms with Crippen molar-refractivity contribution in [2.24, 2.45) is 5.73 Å². The van der Waals surface area contributed by atoms with Crippen molar-refractivity contribution < 1.29 is 18.4 Å². The zero-order valence-electron chi connectivity index (χ0n) is 15.2. The van der Waals surface area contributed by atoms with E-state index in [2.05, 4.69) is 10.4 Å². The Morgan fingerprint density at radius 2 is 1.75 bits per heavy atom. The van der Waals surface area contributed by atoms with Crippen molar-refractivity contribution in [3.8, 4) is 5.69 Å². The molecule has 0 saturated heterocycles. The third-order valence-electron chi connectivity index (χ3n) is 4.16. The Hall–Kier alpha value is -3.55. The van der Waals surface area contributed by atoms with Gasteiger partial charge >= 0.3 is 0 Å². The normalized spacial score (nSPS) is 10.9. The molecule has 1 heterocycles. The molecule has 144 valence electrons. The molecule has 0 aliphatic rings. The van der Waals surface area contributed by atoms with Crippen LogP contribution in [0.1, 0.15) is 46.2 Å². The summed E-state index contributed by atoms with van der Waals surface area (Å²) >= 11 is 0. The summed E-state index contributed by atoms with van der Waals surface area (Å²) < 4.78 is 28.4. The minimum Gasteiger partial charge on any atom is -0.366 e. The Morgan fingerprint density at radius 3 is 2.36 bits per heavy atom. The van der Waals surface area contributed by atoms with Gasteiger partial charge in [0, 0.05) is 5.69 Å². The molecule has 0 fully saturated rings. The van der Waals surface area contributed by atoms with E-state index in [0.717, 1.165) is 6.07 Å². The summed E-state index contributed by atoms with van der Waals surface area (Å²) in [5, 5.41) is 6.88. The molecule has 2 aromatic carbocycles. The van der Waals surface area contributed by atoms with Gasteiger partial charge in [-0.2, -0.15) is 5.10 Å². The number of carbonyl (C=O) groups is 2. The maximum Gasteiger partial charge on any atom is 0.259 e. The Balaban J connectivity index is 1.95. The van der Waals surface area contributed by atoms with E-state index in [0.29, 0.717) is 16.9 Å². The lowest BCUT2D eigenvalue weighted by Gasteiger charge is -2.13. The van der Waals surface area contributed by atoms with Crippen LogP contribution in [0.2, 0.25) is 0 Å². The zero-order valence-corrected chi connectivity index (χ0v) is 15.2. The molecule has 0 radical (unpaired) electrons. The van der Waals surface area contributed by atoms with Crippen LogP contribution < -0.4 is 11.1 Å². The number of anilines is 1. The highest BCUT2D eigenvalue weighted by Gasteiger charge is 2.21. The molecular formula is C20H18F2N4O2. The van der Waals surface area contributed by atoms with E-state index in [9.17, 15) is 18.4 Å². The largest absolute Gasteiger partial charge is 0.366 e. The SMILES string of the molecule is CC(C)c1c(C(=O)Nc2ccc(F)c(C(N)=O)c2)cnn1-c1ccc(F)cc1. The fourth-order valence-corrected chi connectivity index (χ4v) is 2.87. The summed E-state index contributed by atoms with van der Waals surface area (Å²) in [6.07, 6.45) is 1.41. The third kappa shape index (κ3) is 3.75. The Labute approximate surface area is 160 Å². The number of rotatable bonds is 5. The van der Waals surface area contributed by atoms with Gasteiger partial charge in [0.2, 0.25) is 0 Å². The van der Waals surface area contributed by atoms with E-state index in [1.807, 2.05) is 13.8 Å². The number of primary amides is 1. The minimum atomic E-state index is -0.930. The minimum absolute atomic E-state index is 0.0669. The summed E-state index contributed by atoms with van der Waals surface area (Å²) in [5.41, 5.74) is 6.60. The number of hydrogen-bond acceptors (Lipinski definition) is 3. The number of nitrogens with two attached hydrogens (primary N) is 1. The zero-order chi connectivity index (χ0) is 20.4. The predicted molar refractivity (Wildman–Crippen MR) is 100 cm³/mol. The van der Waals surface area contributed by atoms with Crippen LogP contribution in [0.25, 0.3) is 5.69 Å². The first-order valence-corrected chi connectivity index (χ1v) is 8.52. The van der Waals surface area contributed by atoms with E-state index in [1.165, 1.54) is 30.5 Å². The maximum absolute atomic E-state index is 13.6. The first-order chi connectivity index (χ1) is 13.3. The van der Waals surface area contributed by atoms with Gasteiger partial charge in [-0.05, 0) is 48.4 Å². The van der Waals surface area contributed by atoms with Gasteiger partial charge in [0.1, 0.15) is 11.6 Å². The lowest BCUT2D eigenvalue weighted by molar-refractivity contribution is 0.0992. The van der Waals surface area contributed by atoms with Crippen LogP contribution in [0.15, 0.2) is 48.7 Å². The lowest BCUT2D eigenvalue weighted by Crippen LogP contribution is -2.17. The first kappa shape index (κ1) is 19.2. The van der Waals surface area contributed by atoms with Crippen molar-refractivity contribution in [2.45, 2.75) is 19.8 Å².